The molecule has 1 aliphatic rings. The number of hydrogen-bond acceptors (Lipinski definition) is 2. The van der Waals surface area contributed by atoms with Crippen LogP contribution in [0.1, 0.15) is 64.7 Å². The number of primary sulfonamides is 1. The molecule has 1 fully saturated rings. The molecule has 0 aromatic heterocycles. The van der Waals surface area contributed by atoms with Crippen LogP contribution >= 0.6 is 0 Å². The van der Waals surface area contributed by atoms with Crippen molar-refractivity contribution in [1.82, 2.24) is 0 Å². The van der Waals surface area contributed by atoms with E-state index in [4.69, 9.17) is 5.14 Å². The molecule has 0 amide bonds. The lowest BCUT2D eigenvalue weighted by Crippen LogP contribution is -2.40. The van der Waals surface area contributed by atoms with Crippen LogP contribution in [-0.2, 0) is 10.0 Å². The van der Waals surface area contributed by atoms with Gasteiger partial charge < -0.3 is 0 Å². The summed E-state index contributed by atoms with van der Waals surface area (Å²) in [5.74, 6) is 0. The summed E-state index contributed by atoms with van der Waals surface area (Å²) < 4.78 is 22.4. The van der Waals surface area contributed by atoms with Crippen molar-refractivity contribution in [3.05, 3.63) is 0 Å². The molecule has 4 heteroatoms. The number of sulfonamides is 1. The first-order chi connectivity index (χ1) is 6.96. The average Bonchev–Trinajstić information content (AvgIpc) is 2.14. The minimum Gasteiger partial charge on any atom is -0.228 e. The fourth-order valence-electron chi connectivity index (χ4n) is 2.29. The van der Waals surface area contributed by atoms with Crippen LogP contribution in [0.15, 0.2) is 0 Å². The van der Waals surface area contributed by atoms with Crippen LogP contribution in [0, 0.1) is 0 Å². The molecule has 0 bridgehead atoms. The van der Waals surface area contributed by atoms with Gasteiger partial charge in [0.1, 0.15) is 0 Å². The highest BCUT2D eigenvalue weighted by Crippen LogP contribution is 2.30. The number of nitrogens with two attached hydrogens (primary N) is 1. The summed E-state index contributed by atoms with van der Waals surface area (Å²) in [6.45, 7) is 1.81. The third-order valence-electron chi connectivity index (χ3n) is 3.60. The van der Waals surface area contributed by atoms with Crippen LogP contribution in [0.3, 0.4) is 0 Å². The summed E-state index contributed by atoms with van der Waals surface area (Å²) in [5.41, 5.74) is 0. The molecule has 0 spiro atoms. The van der Waals surface area contributed by atoms with Gasteiger partial charge in [0.2, 0.25) is 10.0 Å². The van der Waals surface area contributed by atoms with Crippen molar-refractivity contribution in [3.8, 4) is 0 Å². The lowest BCUT2D eigenvalue weighted by Gasteiger charge is -2.28. The first kappa shape index (κ1) is 13.0. The Kier molecular flexibility index (Phi) is 4.59. The van der Waals surface area contributed by atoms with Crippen LogP contribution < -0.4 is 5.14 Å². The predicted octanol–water partition coefficient (Wildman–Crippen LogP) is 2.56. The summed E-state index contributed by atoms with van der Waals surface area (Å²) >= 11 is 0. The second kappa shape index (κ2) is 5.30. The molecule has 0 saturated heterocycles. The van der Waals surface area contributed by atoms with E-state index in [-0.39, 0.29) is 0 Å². The largest absolute Gasteiger partial charge is 0.228 e. The Balaban J connectivity index is 2.67. The topological polar surface area (TPSA) is 60.2 Å². The maximum absolute atomic E-state index is 11.5. The van der Waals surface area contributed by atoms with Crippen LogP contribution in [0.2, 0.25) is 0 Å². The van der Waals surface area contributed by atoms with Gasteiger partial charge >= 0.3 is 0 Å². The second-order valence-electron chi connectivity index (χ2n) is 4.97. The number of rotatable bonds is 1. The molecule has 3 nitrogen and oxygen atoms in total. The van der Waals surface area contributed by atoms with Crippen molar-refractivity contribution in [1.29, 1.82) is 0 Å². The van der Waals surface area contributed by atoms with Crippen molar-refractivity contribution in [3.63, 3.8) is 0 Å². The zero-order valence-electron chi connectivity index (χ0n) is 9.67. The summed E-state index contributed by atoms with van der Waals surface area (Å²) in [6.07, 6.45) is 9.50. The second-order valence-corrected chi connectivity index (χ2v) is 7.05. The Morgan fingerprint density at radius 2 is 1.20 bits per heavy atom. The molecular formula is C11H23NO2S. The molecule has 1 saturated carbocycles. The molecule has 0 unspecified atom stereocenters. The molecule has 90 valence electrons. The molecule has 0 radical (unpaired) electrons. The van der Waals surface area contributed by atoms with E-state index >= 15 is 0 Å². The zero-order chi connectivity index (χ0) is 11.4. The molecule has 0 aromatic rings. The Morgan fingerprint density at radius 1 is 0.867 bits per heavy atom. The van der Waals surface area contributed by atoms with Crippen LogP contribution in [-0.4, -0.2) is 13.2 Å². The third-order valence-corrected chi connectivity index (χ3v) is 5.38. The highest BCUT2D eigenvalue weighted by atomic mass is 32.2. The van der Waals surface area contributed by atoms with Gasteiger partial charge in [0.15, 0.2) is 0 Å². The van der Waals surface area contributed by atoms with Crippen molar-refractivity contribution in [2.45, 2.75) is 69.5 Å². The zero-order valence-corrected chi connectivity index (χ0v) is 10.5. The van der Waals surface area contributed by atoms with E-state index in [9.17, 15) is 8.42 Å². The van der Waals surface area contributed by atoms with Gasteiger partial charge in [-0.2, -0.15) is 0 Å². The predicted molar refractivity (Wildman–Crippen MR) is 63.1 cm³/mol. The molecule has 0 aromatic carbocycles. The van der Waals surface area contributed by atoms with Crippen molar-refractivity contribution in [2.24, 2.45) is 5.14 Å². The third kappa shape index (κ3) is 3.76. The summed E-state index contributed by atoms with van der Waals surface area (Å²) in [6, 6.07) is 0. The fraction of sp³-hybridized carbons (Fsp3) is 1.00. The first-order valence-electron chi connectivity index (χ1n) is 5.98. The van der Waals surface area contributed by atoms with E-state index in [1.165, 1.54) is 19.3 Å². The Hall–Kier alpha value is -0.0900. The highest BCUT2D eigenvalue weighted by Gasteiger charge is 2.35. The average molecular weight is 233 g/mol. The normalized spacial score (nSPS) is 24.7. The summed E-state index contributed by atoms with van der Waals surface area (Å²) in [7, 11) is -3.39. The SMILES string of the molecule is CC1(S(N)(=O)=O)CCCCCCCCC1. The minimum atomic E-state index is -3.39. The van der Waals surface area contributed by atoms with E-state index in [1.807, 2.05) is 6.92 Å². The van der Waals surface area contributed by atoms with Gasteiger partial charge in [-0.3, -0.25) is 0 Å². The first-order valence-corrected chi connectivity index (χ1v) is 7.53. The highest BCUT2D eigenvalue weighted by molar-refractivity contribution is 7.90. The quantitative estimate of drug-likeness (QED) is 0.756. The smallest absolute Gasteiger partial charge is 0.214 e. The molecule has 0 atom stereocenters. The van der Waals surface area contributed by atoms with Crippen LogP contribution in [0.5, 0.6) is 0 Å². The Bertz CT molecular complexity index is 275. The molecule has 0 aliphatic heterocycles. The van der Waals surface area contributed by atoms with Gasteiger partial charge in [-0.25, -0.2) is 13.6 Å². The van der Waals surface area contributed by atoms with Gasteiger partial charge in [-0.05, 0) is 19.8 Å². The molecule has 15 heavy (non-hydrogen) atoms. The van der Waals surface area contributed by atoms with E-state index < -0.39 is 14.8 Å². The molecule has 1 rings (SSSR count). The molecule has 0 heterocycles. The minimum absolute atomic E-state index is 0.676. The maximum Gasteiger partial charge on any atom is 0.214 e. The lowest BCUT2D eigenvalue weighted by molar-refractivity contribution is 0.419. The van der Waals surface area contributed by atoms with Crippen LogP contribution in [0.4, 0.5) is 0 Å². The van der Waals surface area contributed by atoms with Gasteiger partial charge in [0, 0.05) is 0 Å². The maximum atomic E-state index is 11.5. The monoisotopic (exact) mass is 233 g/mol. The summed E-state index contributed by atoms with van der Waals surface area (Å²) in [5, 5.41) is 5.33. The van der Waals surface area contributed by atoms with Gasteiger partial charge in [-0.15, -0.1) is 0 Å². The van der Waals surface area contributed by atoms with Crippen molar-refractivity contribution in [2.75, 3.05) is 0 Å². The van der Waals surface area contributed by atoms with Crippen molar-refractivity contribution < 1.29 is 8.42 Å². The molecule has 1 aliphatic carbocycles. The van der Waals surface area contributed by atoms with Gasteiger partial charge in [-0.1, -0.05) is 44.9 Å². The lowest BCUT2D eigenvalue weighted by atomic mass is 9.93. The van der Waals surface area contributed by atoms with Gasteiger partial charge in [0.05, 0.1) is 4.75 Å². The van der Waals surface area contributed by atoms with E-state index in [0.29, 0.717) is 0 Å². The van der Waals surface area contributed by atoms with E-state index in [1.54, 1.807) is 0 Å². The fourth-order valence-corrected chi connectivity index (χ4v) is 3.15. The standard InChI is InChI=1S/C11H23NO2S/c1-11(15(12,13)14)9-7-5-3-2-4-6-8-10-11/h2-10H2,1H3,(H2,12,13,14). The van der Waals surface area contributed by atoms with E-state index in [0.717, 1.165) is 38.5 Å². The van der Waals surface area contributed by atoms with Crippen LogP contribution in [0.25, 0.3) is 0 Å². The number of hydrogen-bond donors (Lipinski definition) is 1. The molecule has 2 N–H and O–H groups in total. The Labute approximate surface area is 93.5 Å². The molecular weight excluding hydrogens is 210 g/mol. The van der Waals surface area contributed by atoms with E-state index in [2.05, 4.69) is 0 Å². The Morgan fingerprint density at radius 3 is 1.53 bits per heavy atom. The van der Waals surface area contributed by atoms with Gasteiger partial charge in [0.25, 0.3) is 0 Å². The van der Waals surface area contributed by atoms with Crippen molar-refractivity contribution >= 4 is 10.0 Å². The summed E-state index contributed by atoms with van der Waals surface area (Å²) in [4.78, 5) is 0.